The standard InChI is InChI=1S/C19H17N3O5S/c1-27-13-5-9-15-11(10-13)2-8-16-17(19(23)24)21-22(18(15)16)12-3-6-14(7-4-12)28(20,25)26/h3-7,9-10H,2,8H2,1H3,(H,23,24)(H2,20,25,26). The van der Waals surface area contributed by atoms with E-state index in [-0.39, 0.29) is 10.6 Å². The lowest BCUT2D eigenvalue weighted by molar-refractivity contribution is 0.0688. The van der Waals surface area contributed by atoms with Gasteiger partial charge in [0.25, 0.3) is 0 Å². The van der Waals surface area contributed by atoms with E-state index in [2.05, 4.69) is 5.10 Å². The van der Waals surface area contributed by atoms with Gasteiger partial charge in [-0.25, -0.2) is 23.0 Å². The normalized spacial score (nSPS) is 12.9. The Morgan fingerprint density at radius 1 is 1.18 bits per heavy atom. The van der Waals surface area contributed by atoms with E-state index in [1.54, 1.807) is 19.2 Å². The third-order valence-corrected chi connectivity index (χ3v) is 5.74. The number of aromatic carboxylic acids is 1. The molecule has 0 bridgehead atoms. The Kier molecular flexibility index (Phi) is 4.20. The Morgan fingerprint density at radius 2 is 1.89 bits per heavy atom. The van der Waals surface area contributed by atoms with Gasteiger partial charge in [0.05, 0.1) is 23.4 Å². The number of carboxylic acids is 1. The van der Waals surface area contributed by atoms with Gasteiger partial charge in [-0.3, -0.25) is 0 Å². The molecule has 0 atom stereocenters. The molecule has 0 fully saturated rings. The van der Waals surface area contributed by atoms with Crippen LogP contribution in [0.2, 0.25) is 0 Å². The molecule has 3 N–H and O–H groups in total. The molecule has 0 unspecified atom stereocenters. The average molecular weight is 399 g/mol. The Hall–Kier alpha value is -3.17. The summed E-state index contributed by atoms with van der Waals surface area (Å²) < 4.78 is 29.8. The fourth-order valence-electron chi connectivity index (χ4n) is 3.49. The summed E-state index contributed by atoms with van der Waals surface area (Å²) in [4.78, 5) is 11.7. The fraction of sp³-hybridized carbons (Fsp3) is 0.158. The SMILES string of the molecule is COc1ccc2c(c1)CCc1c(C(=O)O)nn(-c3ccc(S(N)(=O)=O)cc3)c1-2. The molecule has 144 valence electrons. The lowest BCUT2D eigenvalue weighted by atomic mass is 9.88. The first-order valence-corrected chi connectivity index (χ1v) is 10.00. The summed E-state index contributed by atoms with van der Waals surface area (Å²) in [5.74, 6) is -0.377. The predicted octanol–water partition coefficient (Wildman–Crippen LogP) is 1.99. The molecule has 0 spiro atoms. The van der Waals surface area contributed by atoms with Crippen LogP contribution < -0.4 is 9.88 Å². The summed E-state index contributed by atoms with van der Waals surface area (Å²) in [7, 11) is -2.23. The van der Waals surface area contributed by atoms with Crippen LogP contribution in [0.5, 0.6) is 5.75 Å². The van der Waals surface area contributed by atoms with Gasteiger partial charge < -0.3 is 9.84 Å². The molecule has 28 heavy (non-hydrogen) atoms. The number of rotatable bonds is 4. The monoisotopic (exact) mass is 399 g/mol. The first-order valence-electron chi connectivity index (χ1n) is 8.45. The largest absolute Gasteiger partial charge is 0.497 e. The molecular weight excluding hydrogens is 382 g/mol. The topological polar surface area (TPSA) is 125 Å². The summed E-state index contributed by atoms with van der Waals surface area (Å²) in [6, 6.07) is 11.5. The maximum atomic E-state index is 11.7. The van der Waals surface area contributed by atoms with Gasteiger partial charge in [0.1, 0.15) is 5.75 Å². The molecule has 1 aliphatic carbocycles. The summed E-state index contributed by atoms with van der Waals surface area (Å²) in [5.41, 5.74) is 3.78. The quantitative estimate of drug-likeness (QED) is 0.691. The van der Waals surface area contributed by atoms with Crippen molar-refractivity contribution in [3.05, 3.63) is 59.3 Å². The number of carboxylic acid groups (broad SMARTS) is 1. The molecule has 4 rings (SSSR count). The van der Waals surface area contributed by atoms with Crippen molar-refractivity contribution in [2.45, 2.75) is 17.7 Å². The van der Waals surface area contributed by atoms with Crippen molar-refractivity contribution in [2.24, 2.45) is 5.14 Å². The van der Waals surface area contributed by atoms with Crippen molar-refractivity contribution in [2.75, 3.05) is 7.11 Å². The number of primary sulfonamides is 1. The van der Waals surface area contributed by atoms with Crippen LogP contribution >= 0.6 is 0 Å². The van der Waals surface area contributed by atoms with Gasteiger partial charge in [-0.05, 0) is 60.9 Å². The van der Waals surface area contributed by atoms with Gasteiger partial charge in [-0.1, -0.05) is 0 Å². The summed E-state index contributed by atoms with van der Waals surface area (Å²) in [6.07, 6.45) is 1.21. The average Bonchev–Trinajstić information content (AvgIpc) is 3.07. The van der Waals surface area contributed by atoms with Crippen molar-refractivity contribution in [1.29, 1.82) is 0 Å². The van der Waals surface area contributed by atoms with Crippen molar-refractivity contribution >= 4 is 16.0 Å². The van der Waals surface area contributed by atoms with Crippen LogP contribution in [-0.4, -0.2) is 36.4 Å². The molecule has 0 radical (unpaired) electrons. The number of hydrogen-bond acceptors (Lipinski definition) is 5. The van der Waals surface area contributed by atoms with Gasteiger partial charge >= 0.3 is 5.97 Å². The third kappa shape index (κ3) is 2.94. The number of fused-ring (bicyclic) bond motifs is 3. The highest BCUT2D eigenvalue weighted by molar-refractivity contribution is 7.89. The molecule has 9 heteroatoms. The third-order valence-electron chi connectivity index (χ3n) is 4.81. The van der Waals surface area contributed by atoms with E-state index in [1.165, 1.54) is 16.8 Å². The number of aryl methyl sites for hydroxylation is 1. The highest BCUT2D eigenvalue weighted by atomic mass is 32.2. The number of nitrogens with zero attached hydrogens (tertiary/aromatic N) is 2. The highest BCUT2D eigenvalue weighted by Crippen LogP contribution is 2.38. The van der Waals surface area contributed by atoms with Gasteiger partial charge in [0, 0.05) is 11.1 Å². The summed E-state index contributed by atoms with van der Waals surface area (Å²) in [5, 5.41) is 19.0. The van der Waals surface area contributed by atoms with Crippen LogP contribution in [0.1, 0.15) is 21.6 Å². The van der Waals surface area contributed by atoms with Crippen molar-refractivity contribution in [3.63, 3.8) is 0 Å². The molecule has 8 nitrogen and oxygen atoms in total. The molecule has 1 aliphatic rings. The molecule has 0 aliphatic heterocycles. The smallest absolute Gasteiger partial charge is 0.356 e. The van der Waals surface area contributed by atoms with Gasteiger partial charge in [-0.2, -0.15) is 5.10 Å². The zero-order valence-electron chi connectivity index (χ0n) is 14.9. The summed E-state index contributed by atoms with van der Waals surface area (Å²) >= 11 is 0. The van der Waals surface area contributed by atoms with Crippen molar-refractivity contribution in [3.8, 4) is 22.7 Å². The lowest BCUT2D eigenvalue weighted by Crippen LogP contribution is -2.12. The number of aromatic nitrogens is 2. The zero-order valence-corrected chi connectivity index (χ0v) is 15.7. The van der Waals surface area contributed by atoms with Crippen LogP contribution in [-0.2, 0) is 22.9 Å². The minimum atomic E-state index is -3.82. The van der Waals surface area contributed by atoms with E-state index < -0.39 is 16.0 Å². The number of carbonyl (C=O) groups is 1. The molecule has 0 saturated heterocycles. The van der Waals surface area contributed by atoms with E-state index in [4.69, 9.17) is 9.88 Å². The number of sulfonamides is 1. The van der Waals surface area contributed by atoms with Gasteiger partial charge in [-0.15, -0.1) is 0 Å². The van der Waals surface area contributed by atoms with Crippen LogP contribution in [0.25, 0.3) is 16.9 Å². The molecule has 1 heterocycles. The Labute approximate surface area is 161 Å². The van der Waals surface area contributed by atoms with E-state index in [0.717, 1.165) is 16.9 Å². The second-order valence-electron chi connectivity index (χ2n) is 6.45. The molecule has 0 amide bonds. The minimum Gasteiger partial charge on any atom is -0.497 e. The van der Waals surface area contributed by atoms with Crippen LogP contribution in [0.15, 0.2) is 47.4 Å². The highest BCUT2D eigenvalue weighted by Gasteiger charge is 2.29. The van der Waals surface area contributed by atoms with E-state index in [0.29, 0.717) is 29.8 Å². The van der Waals surface area contributed by atoms with E-state index in [9.17, 15) is 18.3 Å². The molecule has 1 aromatic heterocycles. The van der Waals surface area contributed by atoms with E-state index >= 15 is 0 Å². The first kappa shape index (κ1) is 18.2. The second-order valence-corrected chi connectivity index (χ2v) is 8.02. The number of benzene rings is 2. The Balaban J connectivity index is 1.93. The summed E-state index contributed by atoms with van der Waals surface area (Å²) in [6.45, 7) is 0. The second kappa shape index (κ2) is 6.47. The zero-order chi connectivity index (χ0) is 20.1. The van der Waals surface area contributed by atoms with Gasteiger partial charge in [0.2, 0.25) is 10.0 Å². The predicted molar refractivity (Wildman–Crippen MR) is 101 cm³/mol. The number of methoxy groups -OCH3 is 1. The lowest BCUT2D eigenvalue weighted by Gasteiger charge is -2.19. The maximum Gasteiger partial charge on any atom is 0.356 e. The van der Waals surface area contributed by atoms with Crippen molar-refractivity contribution < 1.29 is 23.1 Å². The Bertz CT molecular complexity index is 1200. The Morgan fingerprint density at radius 3 is 2.50 bits per heavy atom. The fourth-order valence-corrected chi connectivity index (χ4v) is 4.01. The first-order chi connectivity index (χ1) is 13.3. The van der Waals surface area contributed by atoms with Gasteiger partial charge in [0.15, 0.2) is 5.69 Å². The van der Waals surface area contributed by atoms with Crippen LogP contribution in [0, 0.1) is 0 Å². The molecular formula is C19H17N3O5S. The molecule has 0 saturated carbocycles. The minimum absolute atomic E-state index is 0.00742. The number of nitrogens with two attached hydrogens (primary N) is 1. The van der Waals surface area contributed by atoms with Crippen LogP contribution in [0.4, 0.5) is 0 Å². The number of ether oxygens (including phenoxy) is 1. The van der Waals surface area contributed by atoms with Crippen molar-refractivity contribution in [1.82, 2.24) is 9.78 Å². The molecule has 2 aromatic carbocycles. The van der Waals surface area contributed by atoms with E-state index in [1.807, 2.05) is 18.2 Å². The molecule has 3 aromatic rings. The number of hydrogen-bond donors (Lipinski definition) is 2. The maximum absolute atomic E-state index is 11.7. The van der Waals surface area contributed by atoms with Crippen LogP contribution in [0.3, 0.4) is 0 Å².